The van der Waals surface area contributed by atoms with E-state index in [4.69, 9.17) is 5.11 Å². The van der Waals surface area contributed by atoms with Crippen molar-refractivity contribution in [2.75, 3.05) is 0 Å². The van der Waals surface area contributed by atoms with Gasteiger partial charge in [-0.1, -0.05) is 0 Å². The molecule has 80 valence electrons. The van der Waals surface area contributed by atoms with Crippen LogP contribution >= 0.6 is 0 Å². The minimum Gasteiger partial charge on any atom is -0.481 e. The summed E-state index contributed by atoms with van der Waals surface area (Å²) in [7, 11) is 0. The topological polar surface area (TPSA) is 63.1 Å². The summed E-state index contributed by atoms with van der Waals surface area (Å²) in [4.78, 5) is 18.9. The third-order valence-corrected chi connectivity index (χ3v) is 2.77. The first-order valence-corrected chi connectivity index (χ1v) is 5.31. The summed E-state index contributed by atoms with van der Waals surface area (Å²) < 4.78 is 0. The number of nitrogens with zero attached hydrogens (tertiary/aromatic N) is 2. The molecule has 0 bridgehead atoms. The summed E-state index contributed by atoms with van der Waals surface area (Å²) in [6.45, 7) is 0. The molecule has 0 unspecified atom stereocenters. The van der Waals surface area contributed by atoms with Crippen molar-refractivity contribution in [1.82, 2.24) is 9.97 Å². The Hall–Kier alpha value is -1.45. The molecule has 0 saturated heterocycles. The quantitative estimate of drug-likeness (QED) is 0.808. The van der Waals surface area contributed by atoms with E-state index in [0.29, 0.717) is 6.42 Å². The molecule has 2 rings (SSSR count). The highest BCUT2D eigenvalue weighted by molar-refractivity contribution is 5.66. The minimum absolute atomic E-state index is 0.221. The van der Waals surface area contributed by atoms with Gasteiger partial charge in [-0.25, -0.2) is 9.97 Å². The number of aryl methyl sites for hydroxylation is 2. The summed E-state index contributed by atoms with van der Waals surface area (Å²) in [5, 5.41) is 8.55. The molecule has 1 aliphatic rings. The third kappa shape index (κ3) is 2.32. The van der Waals surface area contributed by atoms with Crippen LogP contribution in [0.2, 0.25) is 0 Å². The third-order valence-electron chi connectivity index (χ3n) is 2.77. The van der Waals surface area contributed by atoms with E-state index in [-0.39, 0.29) is 6.42 Å². The zero-order chi connectivity index (χ0) is 10.7. The molecule has 1 aromatic rings. The first-order chi connectivity index (χ1) is 7.27. The summed E-state index contributed by atoms with van der Waals surface area (Å²) in [6, 6.07) is 0. The molecule has 0 spiro atoms. The van der Waals surface area contributed by atoms with E-state index in [1.54, 1.807) is 6.33 Å². The fourth-order valence-electron chi connectivity index (χ4n) is 2.05. The van der Waals surface area contributed by atoms with Crippen LogP contribution in [0.15, 0.2) is 6.33 Å². The largest absolute Gasteiger partial charge is 0.481 e. The molecule has 1 aromatic heterocycles. The lowest BCUT2D eigenvalue weighted by atomic mass is 10.1. The normalized spacial score (nSPS) is 13.9. The summed E-state index contributed by atoms with van der Waals surface area (Å²) in [6.07, 6.45) is 6.50. The lowest BCUT2D eigenvalue weighted by molar-refractivity contribution is -0.137. The van der Waals surface area contributed by atoms with Gasteiger partial charge in [0.15, 0.2) is 0 Å². The number of carbonyl (C=O) groups is 1. The van der Waals surface area contributed by atoms with Crippen LogP contribution in [0.1, 0.15) is 36.2 Å². The Morgan fingerprint density at radius 1 is 1.40 bits per heavy atom. The van der Waals surface area contributed by atoms with Crippen LogP contribution in [-0.4, -0.2) is 21.0 Å². The van der Waals surface area contributed by atoms with E-state index in [2.05, 4.69) is 9.97 Å². The van der Waals surface area contributed by atoms with Crippen molar-refractivity contribution in [2.45, 2.75) is 38.5 Å². The van der Waals surface area contributed by atoms with Gasteiger partial charge in [0.2, 0.25) is 0 Å². The molecule has 4 nitrogen and oxygen atoms in total. The molecule has 1 N–H and O–H groups in total. The second-order valence-electron chi connectivity index (χ2n) is 3.85. The maximum atomic E-state index is 10.4. The van der Waals surface area contributed by atoms with E-state index in [9.17, 15) is 4.79 Å². The fourth-order valence-corrected chi connectivity index (χ4v) is 2.05. The Balaban J connectivity index is 2.02. The number of rotatable bonds is 4. The molecule has 0 atom stereocenters. The van der Waals surface area contributed by atoms with Crippen LogP contribution in [0.3, 0.4) is 0 Å². The molecule has 0 amide bonds. The summed E-state index contributed by atoms with van der Waals surface area (Å²) in [5.74, 6) is -0.735. The zero-order valence-electron chi connectivity index (χ0n) is 8.57. The van der Waals surface area contributed by atoms with Crippen LogP contribution < -0.4 is 0 Å². The number of hydrogen-bond donors (Lipinski definition) is 1. The van der Waals surface area contributed by atoms with Crippen LogP contribution in [0.4, 0.5) is 0 Å². The highest BCUT2D eigenvalue weighted by atomic mass is 16.4. The van der Waals surface area contributed by atoms with Crippen molar-refractivity contribution in [3.63, 3.8) is 0 Å². The van der Waals surface area contributed by atoms with Gasteiger partial charge in [0.05, 0.1) is 0 Å². The predicted molar refractivity (Wildman–Crippen MR) is 54.6 cm³/mol. The first kappa shape index (κ1) is 10.1. The monoisotopic (exact) mass is 206 g/mol. The fraction of sp³-hybridized carbons (Fsp3) is 0.545. The maximum Gasteiger partial charge on any atom is 0.303 e. The van der Waals surface area contributed by atoms with E-state index in [1.165, 1.54) is 5.56 Å². The number of aliphatic carboxylic acids is 1. The summed E-state index contributed by atoms with van der Waals surface area (Å²) >= 11 is 0. The maximum absolute atomic E-state index is 10.4. The Bertz CT molecular complexity index is 377. The lowest BCUT2D eigenvalue weighted by Crippen LogP contribution is -2.02. The molecule has 0 radical (unpaired) electrons. The molecule has 1 heterocycles. The standard InChI is InChI=1S/C11H14N2O2/c14-11(15)6-2-5-10-8-3-1-4-9(8)12-7-13-10/h7H,1-6H2,(H,14,15). The van der Waals surface area contributed by atoms with Gasteiger partial charge in [-0.3, -0.25) is 4.79 Å². The number of fused-ring (bicyclic) bond motifs is 1. The Kier molecular flexibility index (Phi) is 2.94. The van der Waals surface area contributed by atoms with Crippen molar-refractivity contribution < 1.29 is 9.90 Å². The average Bonchev–Trinajstić information content (AvgIpc) is 2.65. The Morgan fingerprint density at radius 3 is 3.07 bits per heavy atom. The van der Waals surface area contributed by atoms with Crippen molar-refractivity contribution >= 4 is 5.97 Å². The van der Waals surface area contributed by atoms with Crippen LogP contribution in [0, 0.1) is 0 Å². The highest BCUT2D eigenvalue weighted by Gasteiger charge is 2.16. The van der Waals surface area contributed by atoms with Crippen molar-refractivity contribution in [1.29, 1.82) is 0 Å². The average molecular weight is 206 g/mol. The van der Waals surface area contributed by atoms with Crippen LogP contribution in [0.5, 0.6) is 0 Å². The molecule has 0 aromatic carbocycles. The van der Waals surface area contributed by atoms with Crippen molar-refractivity contribution in [2.24, 2.45) is 0 Å². The number of carboxylic acid groups (broad SMARTS) is 1. The van der Waals surface area contributed by atoms with Crippen LogP contribution in [-0.2, 0) is 24.1 Å². The molecule has 0 aliphatic heterocycles. The molecule has 0 fully saturated rings. The zero-order valence-corrected chi connectivity index (χ0v) is 8.57. The van der Waals surface area contributed by atoms with Gasteiger partial charge in [-0.05, 0) is 37.7 Å². The molecule has 15 heavy (non-hydrogen) atoms. The van der Waals surface area contributed by atoms with Crippen LogP contribution in [0.25, 0.3) is 0 Å². The smallest absolute Gasteiger partial charge is 0.303 e. The molecular formula is C11H14N2O2. The van der Waals surface area contributed by atoms with Gasteiger partial charge in [0, 0.05) is 17.8 Å². The Labute approximate surface area is 88.4 Å². The van der Waals surface area contributed by atoms with Crippen molar-refractivity contribution in [3.05, 3.63) is 23.3 Å². The van der Waals surface area contributed by atoms with Gasteiger partial charge < -0.3 is 5.11 Å². The second-order valence-corrected chi connectivity index (χ2v) is 3.85. The molecular weight excluding hydrogens is 192 g/mol. The molecule has 4 heteroatoms. The van der Waals surface area contributed by atoms with Gasteiger partial charge in [-0.15, -0.1) is 0 Å². The van der Waals surface area contributed by atoms with E-state index in [1.807, 2.05) is 0 Å². The van der Waals surface area contributed by atoms with E-state index < -0.39 is 5.97 Å². The van der Waals surface area contributed by atoms with Crippen molar-refractivity contribution in [3.8, 4) is 0 Å². The highest BCUT2D eigenvalue weighted by Crippen LogP contribution is 2.22. The molecule has 0 saturated carbocycles. The van der Waals surface area contributed by atoms with Gasteiger partial charge >= 0.3 is 5.97 Å². The van der Waals surface area contributed by atoms with Gasteiger partial charge in [0.25, 0.3) is 0 Å². The molecule has 1 aliphatic carbocycles. The number of hydrogen-bond acceptors (Lipinski definition) is 3. The summed E-state index contributed by atoms with van der Waals surface area (Å²) in [5.41, 5.74) is 3.48. The van der Waals surface area contributed by atoms with E-state index in [0.717, 1.165) is 37.1 Å². The van der Waals surface area contributed by atoms with Gasteiger partial charge in [0.1, 0.15) is 6.33 Å². The number of aromatic nitrogens is 2. The SMILES string of the molecule is O=C(O)CCCc1ncnc2c1CCC2. The number of carboxylic acids is 1. The second kappa shape index (κ2) is 4.38. The lowest BCUT2D eigenvalue weighted by Gasteiger charge is -2.04. The first-order valence-electron chi connectivity index (χ1n) is 5.31. The van der Waals surface area contributed by atoms with E-state index >= 15 is 0 Å². The van der Waals surface area contributed by atoms with Gasteiger partial charge in [-0.2, -0.15) is 0 Å². The predicted octanol–water partition coefficient (Wildman–Crippen LogP) is 1.37. The Morgan fingerprint density at radius 2 is 2.27 bits per heavy atom. The minimum atomic E-state index is -0.735.